The molecule has 1 aliphatic heterocycles. The molecular weight excluding hydrogens is 238 g/mol. The summed E-state index contributed by atoms with van der Waals surface area (Å²) in [6.07, 6.45) is 1.77. The molecule has 4 heteroatoms. The van der Waals surface area contributed by atoms with E-state index in [9.17, 15) is 4.79 Å². The molecule has 0 radical (unpaired) electrons. The highest BCUT2D eigenvalue weighted by Gasteiger charge is 2.51. The van der Waals surface area contributed by atoms with Crippen LogP contribution in [-0.4, -0.2) is 18.9 Å². The molecule has 1 unspecified atom stereocenters. The van der Waals surface area contributed by atoms with Crippen LogP contribution < -0.4 is 10.6 Å². The van der Waals surface area contributed by atoms with Gasteiger partial charge >= 0.3 is 0 Å². The Labute approximate surface area is 113 Å². The normalized spacial score (nSPS) is 30.1. The fourth-order valence-corrected chi connectivity index (χ4v) is 3.20. The summed E-state index contributed by atoms with van der Waals surface area (Å²) in [5, 5.41) is 6.12. The molecule has 0 aromatic heterocycles. The van der Waals surface area contributed by atoms with Gasteiger partial charge in [0.05, 0.1) is 0 Å². The van der Waals surface area contributed by atoms with Crippen molar-refractivity contribution < 1.29 is 4.79 Å². The van der Waals surface area contributed by atoms with Crippen molar-refractivity contribution in [3.63, 3.8) is 0 Å². The van der Waals surface area contributed by atoms with Crippen molar-refractivity contribution >= 4 is 11.9 Å². The number of hydrogen-bond donors (Lipinski definition) is 2. The highest BCUT2D eigenvalue weighted by molar-refractivity contribution is 6.09. The third-order valence-electron chi connectivity index (χ3n) is 4.42. The number of guanidine groups is 1. The summed E-state index contributed by atoms with van der Waals surface area (Å²) in [4.78, 5) is 16.5. The molecule has 1 aromatic rings. The zero-order valence-electron chi connectivity index (χ0n) is 11.6. The van der Waals surface area contributed by atoms with E-state index in [1.165, 1.54) is 5.56 Å². The van der Waals surface area contributed by atoms with E-state index in [4.69, 9.17) is 0 Å². The van der Waals surface area contributed by atoms with Crippen LogP contribution in [0.1, 0.15) is 37.8 Å². The number of benzene rings is 1. The number of hydrogen-bond acceptors (Lipinski definition) is 2. The molecular formula is C15H19N3O. The minimum atomic E-state index is -0.638. The summed E-state index contributed by atoms with van der Waals surface area (Å²) in [5.74, 6) is 0.579. The number of fused-ring (bicyclic) bond motifs is 2. The zero-order chi connectivity index (χ0) is 13.7. The lowest BCUT2D eigenvalue weighted by Crippen LogP contribution is -2.49. The van der Waals surface area contributed by atoms with Crippen LogP contribution in [-0.2, 0) is 15.7 Å². The number of aliphatic imine (C=N–C) groups is 1. The van der Waals surface area contributed by atoms with Crippen molar-refractivity contribution in [1.29, 1.82) is 0 Å². The Hall–Kier alpha value is -1.84. The fraction of sp³-hybridized carbons (Fsp3) is 0.467. The first-order chi connectivity index (χ1) is 8.99. The maximum Gasteiger partial charge on any atom is 0.257 e. The summed E-state index contributed by atoms with van der Waals surface area (Å²) in [7, 11) is 1.68. The Morgan fingerprint density at radius 3 is 2.47 bits per heavy atom. The number of amides is 1. The van der Waals surface area contributed by atoms with E-state index in [0.29, 0.717) is 5.96 Å². The molecule has 100 valence electrons. The number of nitrogens with zero attached hydrogens (tertiary/aromatic N) is 1. The molecule has 2 N–H and O–H groups in total. The largest absolute Gasteiger partial charge is 0.338 e. The van der Waals surface area contributed by atoms with E-state index in [0.717, 1.165) is 18.4 Å². The second kappa shape index (κ2) is 3.83. The predicted octanol–water partition coefficient (Wildman–Crippen LogP) is 1.66. The molecule has 1 saturated heterocycles. The Morgan fingerprint density at radius 1 is 1.16 bits per heavy atom. The van der Waals surface area contributed by atoms with Crippen molar-refractivity contribution in [3.05, 3.63) is 35.4 Å². The third-order valence-corrected chi connectivity index (χ3v) is 4.42. The number of carbonyl (C=O) groups is 1. The monoisotopic (exact) mass is 257 g/mol. The van der Waals surface area contributed by atoms with Crippen LogP contribution in [0.4, 0.5) is 0 Å². The van der Waals surface area contributed by atoms with Crippen molar-refractivity contribution in [2.24, 2.45) is 4.99 Å². The van der Waals surface area contributed by atoms with E-state index >= 15 is 0 Å². The van der Waals surface area contributed by atoms with Gasteiger partial charge in [0.25, 0.3) is 5.91 Å². The Balaban J connectivity index is 2.18. The lowest BCUT2D eigenvalue weighted by Gasteiger charge is -2.41. The van der Waals surface area contributed by atoms with Gasteiger partial charge in [-0.3, -0.25) is 15.1 Å². The van der Waals surface area contributed by atoms with Crippen LogP contribution in [0.3, 0.4) is 0 Å². The molecule has 3 rings (SSSR count). The Morgan fingerprint density at radius 2 is 1.84 bits per heavy atom. The van der Waals surface area contributed by atoms with Gasteiger partial charge in [0.2, 0.25) is 0 Å². The van der Waals surface area contributed by atoms with E-state index in [2.05, 4.69) is 41.6 Å². The minimum Gasteiger partial charge on any atom is -0.338 e. The average molecular weight is 257 g/mol. The summed E-state index contributed by atoms with van der Waals surface area (Å²) in [6, 6.07) is 8.23. The summed E-state index contributed by atoms with van der Waals surface area (Å²) >= 11 is 0. The second-order valence-corrected chi connectivity index (χ2v) is 5.99. The molecule has 4 nitrogen and oxygen atoms in total. The summed E-state index contributed by atoms with van der Waals surface area (Å²) in [5.41, 5.74) is 1.81. The van der Waals surface area contributed by atoms with E-state index in [1.807, 2.05) is 12.1 Å². The van der Waals surface area contributed by atoms with Gasteiger partial charge in [-0.2, -0.15) is 0 Å². The number of carbonyl (C=O) groups excluding carboxylic acids is 1. The third kappa shape index (κ3) is 1.59. The van der Waals surface area contributed by atoms with E-state index in [1.54, 1.807) is 7.05 Å². The van der Waals surface area contributed by atoms with E-state index < -0.39 is 5.54 Å². The van der Waals surface area contributed by atoms with E-state index in [-0.39, 0.29) is 11.3 Å². The number of rotatable bonds is 0. The van der Waals surface area contributed by atoms with Gasteiger partial charge in [0.1, 0.15) is 5.54 Å². The summed E-state index contributed by atoms with van der Waals surface area (Å²) in [6.45, 7) is 4.47. The van der Waals surface area contributed by atoms with Crippen LogP contribution in [0.25, 0.3) is 0 Å². The highest BCUT2D eigenvalue weighted by Crippen LogP contribution is 2.45. The first kappa shape index (κ1) is 12.2. The molecule has 2 aliphatic rings. The zero-order valence-corrected chi connectivity index (χ0v) is 11.6. The molecule has 1 heterocycles. The molecule has 1 atom stereocenters. The molecule has 1 amide bonds. The minimum absolute atomic E-state index is 0.0102. The van der Waals surface area contributed by atoms with Crippen LogP contribution in [0, 0.1) is 0 Å². The van der Waals surface area contributed by atoms with Gasteiger partial charge in [-0.05, 0) is 29.4 Å². The average Bonchev–Trinajstić information content (AvgIpc) is 2.73. The Bertz CT molecular complexity index is 577. The van der Waals surface area contributed by atoms with Crippen LogP contribution in [0.5, 0.6) is 0 Å². The fourth-order valence-electron chi connectivity index (χ4n) is 3.20. The SMILES string of the molecule is CN=C1NC(=O)C2(CCC(C)(C)c3ccccc32)N1. The first-order valence-electron chi connectivity index (χ1n) is 6.66. The van der Waals surface area contributed by atoms with Gasteiger partial charge in [0, 0.05) is 7.05 Å². The van der Waals surface area contributed by atoms with Crippen molar-refractivity contribution in [3.8, 4) is 0 Å². The molecule has 19 heavy (non-hydrogen) atoms. The van der Waals surface area contributed by atoms with Gasteiger partial charge in [0.15, 0.2) is 5.96 Å². The lowest BCUT2D eigenvalue weighted by atomic mass is 9.65. The van der Waals surface area contributed by atoms with Crippen LogP contribution in [0.2, 0.25) is 0 Å². The molecule has 1 aliphatic carbocycles. The smallest absolute Gasteiger partial charge is 0.257 e. The van der Waals surface area contributed by atoms with Gasteiger partial charge in [-0.1, -0.05) is 38.1 Å². The standard InChI is InChI=1S/C15H19N3O/c1-14(2)8-9-15(11-7-5-4-6-10(11)14)12(19)17-13(16-3)18-15/h4-7H,8-9H2,1-3H3,(H2,16,17,18,19). The topological polar surface area (TPSA) is 53.5 Å². The number of nitrogens with one attached hydrogen (secondary N) is 2. The van der Waals surface area contributed by atoms with Crippen LogP contribution in [0.15, 0.2) is 29.3 Å². The van der Waals surface area contributed by atoms with Crippen molar-refractivity contribution in [1.82, 2.24) is 10.6 Å². The van der Waals surface area contributed by atoms with Gasteiger partial charge in [-0.25, -0.2) is 0 Å². The maximum absolute atomic E-state index is 12.4. The van der Waals surface area contributed by atoms with Crippen molar-refractivity contribution in [2.45, 2.75) is 37.6 Å². The van der Waals surface area contributed by atoms with Crippen molar-refractivity contribution in [2.75, 3.05) is 7.05 Å². The second-order valence-electron chi connectivity index (χ2n) is 5.99. The maximum atomic E-state index is 12.4. The van der Waals surface area contributed by atoms with Gasteiger partial charge in [-0.15, -0.1) is 0 Å². The van der Waals surface area contributed by atoms with Crippen LogP contribution >= 0.6 is 0 Å². The molecule has 0 saturated carbocycles. The quantitative estimate of drug-likeness (QED) is 0.742. The highest BCUT2D eigenvalue weighted by atomic mass is 16.2. The first-order valence-corrected chi connectivity index (χ1v) is 6.66. The Kier molecular flexibility index (Phi) is 2.46. The summed E-state index contributed by atoms with van der Waals surface area (Å²) < 4.78 is 0. The lowest BCUT2D eigenvalue weighted by molar-refractivity contribution is -0.125. The van der Waals surface area contributed by atoms with Gasteiger partial charge < -0.3 is 5.32 Å². The molecule has 1 fully saturated rings. The molecule has 1 aromatic carbocycles. The molecule has 0 bridgehead atoms. The molecule has 1 spiro atoms. The predicted molar refractivity (Wildman–Crippen MR) is 75.0 cm³/mol.